The van der Waals surface area contributed by atoms with Crippen LogP contribution in [-0.4, -0.2) is 18.4 Å². The standard InChI is InChI=1S/C22H22O3/c1-3-25-21(24)22(18(2)23,16-14-19-10-6-4-7-11-19)17-15-20-12-8-5-9-13-20/h4-17H,3H2,1-2H3/b16-14+,17-15+. The fourth-order valence-corrected chi connectivity index (χ4v) is 2.40. The van der Waals surface area contributed by atoms with Gasteiger partial charge in [-0.05, 0) is 25.0 Å². The minimum Gasteiger partial charge on any atom is -0.465 e. The van der Waals surface area contributed by atoms with Crippen LogP contribution in [0.5, 0.6) is 0 Å². The first-order valence-corrected chi connectivity index (χ1v) is 8.25. The molecule has 0 saturated heterocycles. The van der Waals surface area contributed by atoms with Gasteiger partial charge in [-0.1, -0.05) is 85.0 Å². The van der Waals surface area contributed by atoms with Gasteiger partial charge in [0.25, 0.3) is 0 Å². The summed E-state index contributed by atoms with van der Waals surface area (Å²) in [6.45, 7) is 3.35. The maximum Gasteiger partial charge on any atom is 0.327 e. The van der Waals surface area contributed by atoms with E-state index in [1.165, 1.54) is 6.92 Å². The van der Waals surface area contributed by atoms with Crippen LogP contribution in [0, 0.1) is 5.41 Å². The molecule has 0 unspecified atom stereocenters. The van der Waals surface area contributed by atoms with E-state index in [1.807, 2.05) is 60.7 Å². The Bertz CT molecular complexity index is 709. The van der Waals surface area contributed by atoms with E-state index in [2.05, 4.69) is 0 Å². The maximum absolute atomic E-state index is 12.6. The van der Waals surface area contributed by atoms with Crippen LogP contribution in [0.3, 0.4) is 0 Å². The molecule has 0 atom stereocenters. The van der Waals surface area contributed by atoms with Gasteiger partial charge in [-0.15, -0.1) is 0 Å². The third-order valence-electron chi connectivity index (χ3n) is 3.87. The molecule has 0 radical (unpaired) electrons. The van der Waals surface area contributed by atoms with Crippen LogP contribution in [0.15, 0.2) is 72.8 Å². The van der Waals surface area contributed by atoms with Gasteiger partial charge in [0.15, 0.2) is 11.2 Å². The van der Waals surface area contributed by atoms with E-state index in [-0.39, 0.29) is 12.4 Å². The summed E-state index contributed by atoms with van der Waals surface area (Å²) in [7, 11) is 0. The van der Waals surface area contributed by atoms with Crippen molar-refractivity contribution in [3.05, 3.63) is 83.9 Å². The molecule has 0 aliphatic heterocycles. The van der Waals surface area contributed by atoms with Crippen molar-refractivity contribution in [1.82, 2.24) is 0 Å². The predicted molar refractivity (Wildman–Crippen MR) is 101 cm³/mol. The van der Waals surface area contributed by atoms with Crippen LogP contribution in [0.25, 0.3) is 12.2 Å². The monoisotopic (exact) mass is 334 g/mol. The molecule has 0 N–H and O–H groups in total. The summed E-state index contributed by atoms with van der Waals surface area (Å²) in [5, 5.41) is 0. The number of esters is 1. The van der Waals surface area contributed by atoms with Gasteiger partial charge in [0, 0.05) is 0 Å². The Hall–Kier alpha value is -2.94. The minimum absolute atomic E-state index is 0.215. The highest BCUT2D eigenvalue weighted by Crippen LogP contribution is 2.28. The van der Waals surface area contributed by atoms with Gasteiger partial charge in [-0.3, -0.25) is 9.59 Å². The minimum atomic E-state index is -1.44. The summed E-state index contributed by atoms with van der Waals surface area (Å²) >= 11 is 0. The summed E-state index contributed by atoms with van der Waals surface area (Å²) in [5.74, 6) is -0.854. The van der Waals surface area contributed by atoms with E-state index in [0.29, 0.717) is 0 Å². The second kappa shape index (κ2) is 8.78. The first-order chi connectivity index (χ1) is 12.1. The van der Waals surface area contributed by atoms with Gasteiger partial charge in [0.1, 0.15) is 0 Å². The lowest BCUT2D eigenvalue weighted by atomic mass is 9.82. The smallest absolute Gasteiger partial charge is 0.327 e. The molecular weight excluding hydrogens is 312 g/mol. The number of Topliss-reactive ketones (excluding diaryl/α,β-unsaturated/α-hetero) is 1. The number of ether oxygens (including phenoxy) is 1. The van der Waals surface area contributed by atoms with Gasteiger partial charge in [-0.2, -0.15) is 0 Å². The van der Waals surface area contributed by atoms with Crippen molar-refractivity contribution in [2.75, 3.05) is 6.61 Å². The Morgan fingerprint density at radius 1 is 0.880 bits per heavy atom. The number of hydrogen-bond acceptors (Lipinski definition) is 3. The quantitative estimate of drug-likeness (QED) is 0.551. The number of benzene rings is 2. The zero-order valence-electron chi connectivity index (χ0n) is 14.5. The Labute approximate surface area is 148 Å². The third kappa shape index (κ3) is 4.77. The lowest BCUT2D eigenvalue weighted by Gasteiger charge is -2.22. The highest BCUT2D eigenvalue weighted by molar-refractivity contribution is 6.08. The van der Waals surface area contributed by atoms with Crippen molar-refractivity contribution in [2.24, 2.45) is 5.41 Å². The van der Waals surface area contributed by atoms with Crippen molar-refractivity contribution < 1.29 is 14.3 Å². The van der Waals surface area contributed by atoms with E-state index >= 15 is 0 Å². The normalized spacial score (nSPS) is 11.8. The van der Waals surface area contributed by atoms with Crippen LogP contribution >= 0.6 is 0 Å². The van der Waals surface area contributed by atoms with Crippen LogP contribution in [0.2, 0.25) is 0 Å². The molecule has 0 saturated carbocycles. The summed E-state index contributed by atoms with van der Waals surface area (Å²) in [6, 6.07) is 19.1. The highest BCUT2D eigenvalue weighted by atomic mass is 16.5. The van der Waals surface area contributed by atoms with E-state index in [9.17, 15) is 9.59 Å². The molecule has 3 nitrogen and oxygen atoms in total. The largest absolute Gasteiger partial charge is 0.465 e. The summed E-state index contributed by atoms with van der Waals surface area (Å²) in [6.07, 6.45) is 6.77. The second-order valence-corrected chi connectivity index (χ2v) is 5.63. The SMILES string of the molecule is CCOC(=O)C(/C=C/c1ccccc1)(/C=C/c1ccccc1)C(C)=O. The summed E-state index contributed by atoms with van der Waals surface area (Å²) in [4.78, 5) is 25.0. The first-order valence-electron chi connectivity index (χ1n) is 8.25. The summed E-state index contributed by atoms with van der Waals surface area (Å²) < 4.78 is 5.18. The molecule has 0 aliphatic carbocycles. The molecule has 0 amide bonds. The topological polar surface area (TPSA) is 43.4 Å². The zero-order valence-corrected chi connectivity index (χ0v) is 14.5. The van der Waals surface area contributed by atoms with Gasteiger partial charge in [0.2, 0.25) is 0 Å². The number of hydrogen-bond donors (Lipinski definition) is 0. The molecule has 128 valence electrons. The van der Waals surface area contributed by atoms with Crippen molar-refractivity contribution in [1.29, 1.82) is 0 Å². The van der Waals surface area contributed by atoms with Crippen LogP contribution in [0.4, 0.5) is 0 Å². The van der Waals surface area contributed by atoms with Crippen molar-refractivity contribution in [2.45, 2.75) is 13.8 Å². The Balaban J connectivity index is 2.44. The van der Waals surface area contributed by atoms with E-state index in [0.717, 1.165) is 11.1 Å². The first kappa shape index (κ1) is 18.4. The molecule has 2 aromatic rings. The van der Waals surface area contributed by atoms with Crippen LogP contribution in [0.1, 0.15) is 25.0 Å². The van der Waals surface area contributed by atoms with Gasteiger partial charge >= 0.3 is 5.97 Å². The van der Waals surface area contributed by atoms with Gasteiger partial charge in [-0.25, -0.2) is 0 Å². The molecule has 0 heterocycles. The van der Waals surface area contributed by atoms with Crippen LogP contribution in [-0.2, 0) is 14.3 Å². The average Bonchev–Trinajstić information content (AvgIpc) is 2.63. The molecule has 0 bridgehead atoms. The van der Waals surface area contributed by atoms with Gasteiger partial charge in [0.05, 0.1) is 6.61 Å². The lowest BCUT2D eigenvalue weighted by Crippen LogP contribution is -2.36. The van der Waals surface area contributed by atoms with Crippen molar-refractivity contribution in [3.8, 4) is 0 Å². The number of carbonyl (C=O) groups excluding carboxylic acids is 2. The van der Waals surface area contributed by atoms with Crippen molar-refractivity contribution in [3.63, 3.8) is 0 Å². The summed E-state index contributed by atoms with van der Waals surface area (Å²) in [5.41, 5.74) is 0.373. The molecular formula is C22H22O3. The Kier molecular flexibility index (Phi) is 6.47. The highest BCUT2D eigenvalue weighted by Gasteiger charge is 2.40. The molecule has 2 rings (SSSR count). The zero-order chi connectivity index (χ0) is 18.1. The third-order valence-corrected chi connectivity index (χ3v) is 3.87. The maximum atomic E-state index is 12.6. The lowest BCUT2D eigenvalue weighted by molar-refractivity contribution is -0.153. The molecule has 0 aromatic heterocycles. The molecule has 3 heteroatoms. The molecule has 25 heavy (non-hydrogen) atoms. The number of ketones is 1. The van der Waals surface area contributed by atoms with E-state index in [4.69, 9.17) is 4.74 Å². The fraction of sp³-hybridized carbons (Fsp3) is 0.182. The van der Waals surface area contributed by atoms with E-state index < -0.39 is 11.4 Å². The van der Waals surface area contributed by atoms with Crippen molar-refractivity contribution >= 4 is 23.9 Å². The molecule has 0 aliphatic rings. The molecule has 2 aromatic carbocycles. The van der Waals surface area contributed by atoms with Gasteiger partial charge < -0.3 is 4.74 Å². The Morgan fingerprint density at radius 2 is 1.32 bits per heavy atom. The second-order valence-electron chi connectivity index (χ2n) is 5.63. The fourth-order valence-electron chi connectivity index (χ4n) is 2.40. The molecule has 0 spiro atoms. The molecule has 0 fully saturated rings. The van der Waals surface area contributed by atoms with E-state index in [1.54, 1.807) is 31.2 Å². The number of carbonyl (C=O) groups is 2. The number of rotatable bonds is 7. The average molecular weight is 334 g/mol. The predicted octanol–water partition coefficient (Wildman–Crippen LogP) is 4.55. The van der Waals surface area contributed by atoms with Crippen LogP contribution < -0.4 is 0 Å². The Morgan fingerprint density at radius 3 is 1.68 bits per heavy atom.